The van der Waals surface area contributed by atoms with E-state index < -0.39 is 0 Å². The lowest BCUT2D eigenvalue weighted by atomic mass is 10.1. The van der Waals surface area contributed by atoms with Gasteiger partial charge >= 0.3 is 0 Å². The summed E-state index contributed by atoms with van der Waals surface area (Å²) in [6.45, 7) is 4.85. The number of para-hydroxylation sites is 1. The van der Waals surface area contributed by atoms with Crippen LogP contribution < -0.4 is 5.32 Å². The van der Waals surface area contributed by atoms with Gasteiger partial charge in [-0.15, -0.1) is 0 Å². The largest absolute Gasteiger partial charge is 0.380 e. The van der Waals surface area contributed by atoms with E-state index in [1.54, 1.807) is 0 Å². The average Bonchev–Trinajstić information content (AvgIpc) is 2.85. The van der Waals surface area contributed by atoms with E-state index in [2.05, 4.69) is 41.4 Å². The number of hydrogen-bond acceptors (Lipinski definition) is 2. The van der Waals surface area contributed by atoms with E-state index in [-0.39, 0.29) is 0 Å². The van der Waals surface area contributed by atoms with E-state index in [1.807, 2.05) is 0 Å². The van der Waals surface area contributed by atoms with Gasteiger partial charge in [0.1, 0.15) is 0 Å². The van der Waals surface area contributed by atoms with Gasteiger partial charge in [0.25, 0.3) is 0 Å². The van der Waals surface area contributed by atoms with Crippen molar-refractivity contribution in [2.24, 2.45) is 0 Å². The number of nitrogens with one attached hydrogen (secondary N) is 1. The minimum atomic E-state index is 0.623. The van der Waals surface area contributed by atoms with Crippen LogP contribution in [0.1, 0.15) is 25.3 Å². The minimum Gasteiger partial charge on any atom is -0.380 e. The molecule has 0 amide bonds. The third-order valence-electron chi connectivity index (χ3n) is 3.99. The Kier molecular flexibility index (Phi) is 2.60. The lowest BCUT2D eigenvalue weighted by molar-refractivity contribution is 0.258. The molecule has 1 saturated heterocycles. The van der Waals surface area contributed by atoms with Crippen molar-refractivity contribution in [1.29, 1.82) is 0 Å². The van der Waals surface area contributed by atoms with Gasteiger partial charge in [-0.05, 0) is 44.4 Å². The summed E-state index contributed by atoms with van der Waals surface area (Å²) in [5, 5.41) is 3.64. The quantitative estimate of drug-likeness (QED) is 0.817. The van der Waals surface area contributed by atoms with E-state index in [0.29, 0.717) is 6.04 Å². The van der Waals surface area contributed by atoms with E-state index >= 15 is 0 Å². The fourth-order valence-corrected chi connectivity index (χ4v) is 3.03. The second kappa shape index (κ2) is 4.10. The number of benzene rings is 1. The molecule has 3 rings (SSSR count). The summed E-state index contributed by atoms with van der Waals surface area (Å²) in [7, 11) is 0. The summed E-state index contributed by atoms with van der Waals surface area (Å²) in [5.74, 6) is 0. The first-order valence-corrected chi connectivity index (χ1v) is 6.41. The Labute approximate surface area is 97.6 Å². The van der Waals surface area contributed by atoms with Crippen molar-refractivity contribution in [1.82, 2.24) is 4.90 Å². The SMILES string of the molecule is CC1CCCN1CC1Cc2ccccc2N1. The van der Waals surface area contributed by atoms with Crippen molar-refractivity contribution in [3.05, 3.63) is 29.8 Å². The highest BCUT2D eigenvalue weighted by atomic mass is 15.2. The van der Waals surface area contributed by atoms with Gasteiger partial charge in [-0.3, -0.25) is 4.90 Å². The van der Waals surface area contributed by atoms with Crippen molar-refractivity contribution in [3.63, 3.8) is 0 Å². The van der Waals surface area contributed by atoms with Crippen LogP contribution >= 0.6 is 0 Å². The van der Waals surface area contributed by atoms with Crippen LogP contribution in [0.5, 0.6) is 0 Å². The van der Waals surface area contributed by atoms with E-state index in [9.17, 15) is 0 Å². The van der Waals surface area contributed by atoms with Crippen LogP contribution in [-0.2, 0) is 6.42 Å². The maximum Gasteiger partial charge on any atom is 0.0429 e. The highest BCUT2D eigenvalue weighted by Gasteiger charge is 2.26. The summed E-state index contributed by atoms with van der Waals surface area (Å²) in [4.78, 5) is 2.63. The smallest absolute Gasteiger partial charge is 0.0429 e. The Morgan fingerprint density at radius 2 is 2.25 bits per heavy atom. The Morgan fingerprint density at radius 1 is 1.38 bits per heavy atom. The van der Waals surface area contributed by atoms with E-state index in [1.165, 1.54) is 43.6 Å². The third kappa shape index (κ3) is 1.82. The van der Waals surface area contributed by atoms with Crippen molar-refractivity contribution in [2.75, 3.05) is 18.4 Å². The maximum absolute atomic E-state index is 3.64. The van der Waals surface area contributed by atoms with E-state index in [4.69, 9.17) is 0 Å². The molecule has 2 heterocycles. The molecule has 2 aliphatic heterocycles. The molecule has 0 saturated carbocycles. The van der Waals surface area contributed by atoms with Gasteiger partial charge in [0.2, 0.25) is 0 Å². The molecular weight excluding hydrogens is 196 g/mol. The molecule has 16 heavy (non-hydrogen) atoms. The molecule has 0 aliphatic carbocycles. The number of fused-ring (bicyclic) bond motifs is 1. The normalized spacial score (nSPS) is 29.1. The molecule has 0 spiro atoms. The Balaban J connectivity index is 1.63. The van der Waals surface area contributed by atoms with Crippen LogP contribution in [0.3, 0.4) is 0 Å². The van der Waals surface area contributed by atoms with Gasteiger partial charge in [0.15, 0.2) is 0 Å². The molecule has 2 nitrogen and oxygen atoms in total. The van der Waals surface area contributed by atoms with Crippen molar-refractivity contribution >= 4 is 5.69 Å². The summed E-state index contributed by atoms with van der Waals surface area (Å²) < 4.78 is 0. The van der Waals surface area contributed by atoms with Gasteiger partial charge in [0, 0.05) is 24.3 Å². The molecule has 1 aromatic rings. The molecule has 2 heteroatoms. The first-order valence-electron chi connectivity index (χ1n) is 6.41. The first kappa shape index (κ1) is 10.2. The number of rotatable bonds is 2. The second-order valence-electron chi connectivity index (χ2n) is 5.19. The lowest BCUT2D eigenvalue weighted by Crippen LogP contribution is -2.37. The van der Waals surface area contributed by atoms with Crippen molar-refractivity contribution in [2.45, 2.75) is 38.3 Å². The van der Waals surface area contributed by atoms with Crippen LogP contribution in [0.2, 0.25) is 0 Å². The Morgan fingerprint density at radius 3 is 3.00 bits per heavy atom. The summed E-state index contributed by atoms with van der Waals surface area (Å²) in [5.41, 5.74) is 2.83. The molecule has 0 bridgehead atoms. The molecule has 0 radical (unpaired) electrons. The van der Waals surface area contributed by atoms with E-state index in [0.717, 1.165) is 6.04 Å². The minimum absolute atomic E-state index is 0.623. The standard InChI is InChI=1S/C14H20N2/c1-11-5-4-8-16(11)10-13-9-12-6-2-3-7-14(12)15-13/h2-3,6-7,11,13,15H,4-5,8-10H2,1H3. The molecule has 86 valence electrons. The Bertz CT molecular complexity index is 350. The average molecular weight is 216 g/mol. The fourth-order valence-electron chi connectivity index (χ4n) is 3.03. The zero-order valence-electron chi connectivity index (χ0n) is 9.95. The number of hydrogen-bond donors (Lipinski definition) is 1. The van der Waals surface area contributed by atoms with Crippen LogP contribution in [0, 0.1) is 0 Å². The zero-order valence-corrected chi connectivity index (χ0v) is 9.95. The summed E-state index contributed by atoms with van der Waals surface area (Å²) in [6.07, 6.45) is 3.94. The molecule has 1 aromatic carbocycles. The van der Waals surface area contributed by atoms with Gasteiger partial charge < -0.3 is 5.32 Å². The predicted molar refractivity (Wildman–Crippen MR) is 67.8 cm³/mol. The van der Waals surface area contributed by atoms with Crippen molar-refractivity contribution in [3.8, 4) is 0 Å². The topological polar surface area (TPSA) is 15.3 Å². The molecule has 2 aliphatic rings. The number of likely N-dealkylation sites (tertiary alicyclic amines) is 1. The highest BCUT2D eigenvalue weighted by Crippen LogP contribution is 2.27. The molecule has 1 fully saturated rings. The molecule has 2 atom stereocenters. The molecule has 2 unspecified atom stereocenters. The van der Waals surface area contributed by atoms with Crippen LogP contribution in [-0.4, -0.2) is 30.1 Å². The van der Waals surface area contributed by atoms with Crippen molar-refractivity contribution < 1.29 is 0 Å². The van der Waals surface area contributed by atoms with Crippen LogP contribution in [0.25, 0.3) is 0 Å². The number of anilines is 1. The van der Waals surface area contributed by atoms with Gasteiger partial charge in [0.05, 0.1) is 0 Å². The number of nitrogens with zero attached hydrogens (tertiary/aromatic N) is 1. The second-order valence-corrected chi connectivity index (χ2v) is 5.19. The fraction of sp³-hybridized carbons (Fsp3) is 0.571. The zero-order chi connectivity index (χ0) is 11.0. The van der Waals surface area contributed by atoms with Crippen LogP contribution in [0.4, 0.5) is 5.69 Å². The molecule has 1 N–H and O–H groups in total. The Hall–Kier alpha value is -1.02. The monoisotopic (exact) mass is 216 g/mol. The lowest BCUT2D eigenvalue weighted by Gasteiger charge is -2.24. The third-order valence-corrected chi connectivity index (χ3v) is 3.99. The van der Waals surface area contributed by atoms with Gasteiger partial charge in [-0.2, -0.15) is 0 Å². The van der Waals surface area contributed by atoms with Crippen LogP contribution in [0.15, 0.2) is 24.3 Å². The summed E-state index contributed by atoms with van der Waals surface area (Å²) >= 11 is 0. The maximum atomic E-state index is 3.64. The molecular formula is C14H20N2. The predicted octanol–water partition coefficient (Wildman–Crippen LogP) is 2.51. The summed E-state index contributed by atoms with van der Waals surface area (Å²) in [6, 6.07) is 10.1. The highest BCUT2D eigenvalue weighted by molar-refractivity contribution is 5.56. The first-order chi connectivity index (χ1) is 7.83. The van der Waals surface area contributed by atoms with Gasteiger partial charge in [-0.1, -0.05) is 18.2 Å². The molecule has 0 aromatic heterocycles. The van der Waals surface area contributed by atoms with Gasteiger partial charge in [-0.25, -0.2) is 0 Å².